The average Bonchev–Trinajstić information content (AvgIpc) is 3.81. The Bertz CT molecular complexity index is 1920. The van der Waals surface area contributed by atoms with Crippen molar-refractivity contribution in [2.45, 2.75) is 83.7 Å². The van der Waals surface area contributed by atoms with Gasteiger partial charge in [-0.3, -0.25) is 19.7 Å². The van der Waals surface area contributed by atoms with Crippen LogP contribution < -0.4 is 4.74 Å². The second-order valence-corrected chi connectivity index (χ2v) is 17.4. The summed E-state index contributed by atoms with van der Waals surface area (Å²) in [4.78, 5) is 45.0. The van der Waals surface area contributed by atoms with Gasteiger partial charge >= 0.3 is 6.03 Å². The number of piperidine rings is 1. The minimum absolute atomic E-state index is 0.148. The number of likely N-dealkylation sites (tertiary alicyclic amines) is 2. The van der Waals surface area contributed by atoms with Crippen molar-refractivity contribution in [2.75, 3.05) is 32.8 Å². The first kappa shape index (κ1) is 37.4. The second-order valence-electron chi connectivity index (χ2n) is 16.5. The van der Waals surface area contributed by atoms with Crippen LogP contribution in [0.4, 0.5) is 4.79 Å². The molecule has 2 unspecified atom stereocenters. The van der Waals surface area contributed by atoms with Gasteiger partial charge in [0.25, 0.3) is 0 Å². The lowest BCUT2D eigenvalue weighted by Crippen LogP contribution is -2.59. The summed E-state index contributed by atoms with van der Waals surface area (Å²) in [7, 11) is 0. The lowest BCUT2D eigenvalue weighted by atomic mass is 9.71. The van der Waals surface area contributed by atoms with E-state index in [1.807, 2.05) is 71.3 Å². The fraction of sp³-hybridized carbons (Fsp3) is 0.488. The summed E-state index contributed by atoms with van der Waals surface area (Å²) < 4.78 is 6.31. The number of carbonyl (C=O) groups is 2. The van der Waals surface area contributed by atoms with Crippen LogP contribution in [0.25, 0.3) is 0 Å². The highest BCUT2D eigenvalue weighted by atomic mass is 35.5. The predicted octanol–water partition coefficient (Wildman–Crippen LogP) is 9.23. The number of ether oxygens (including phenoxy) is 1. The van der Waals surface area contributed by atoms with Crippen LogP contribution in [0.1, 0.15) is 89.6 Å². The maximum Gasteiger partial charge on any atom is 0.326 e. The molecule has 10 heteroatoms. The standard InChI is InChI=1S/C43H51Cl2N5O3/c1-7-53-36-24-37(41(2,3)4)46-25-35(36)39-47-42(5,31-11-15-33(44)16-12-31)43(6,32-13-17-34(45)18-14-32)50(39)40(52)48-21-19-28(20-22-48)23-38(51)49-26-29-9-8-10-30(29)27-49/h8-9,11-18,24-25,28-30H,7,10,19-23,26-27H2,1-6H3/t29?,30?,42-,43+/m0/s1. The maximum atomic E-state index is 15.3. The Hall–Kier alpha value is -3.88. The molecule has 280 valence electrons. The highest BCUT2D eigenvalue weighted by Crippen LogP contribution is 2.54. The monoisotopic (exact) mass is 755 g/mol. The van der Waals surface area contributed by atoms with E-state index in [2.05, 4.69) is 51.7 Å². The minimum atomic E-state index is -1.01. The third-order valence-electron chi connectivity index (χ3n) is 12.1. The van der Waals surface area contributed by atoms with Gasteiger partial charge in [0.15, 0.2) is 0 Å². The predicted molar refractivity (Wildman–Crippen MR) is 212 cm³/mol. The lowest BCUT2D eigenvalue weighted by molar-refractivity contribution is -0.131. The zero-order chi connectivity index (χ0) is 37.7. The van der Waals surface area contributed by atoms with Gasteiger partial charge in [0.05, 0.1) is 12.2 Å². The Morgan fingerprint density at radius 2 is 1.57 bits per heavy atom. The van der Waals surface area contributed by atoms with Crippen molar-refractivity contribution >= 4 is 41.0 Å². The van der Waals surface area contributed by atoms with Crippen LogP contribution in [-0.4, -0.2) is 70.2 Å². The van der Waals surface area contributed by atoms with Gasteiger partial charge in [-0.1, -0.05) is 80.4 Å². The molecule has 3 aliphatic heterocycles. The molecule has 7 rings (SSSR count). The first-order valence-corrected chi connectivity index (χ1v) is 19.8. The zero-order valence-electron chi connectivity index (χ0n) is 31.7. The number of urea groups is 1. The molecular formula is C43H51Cl2N5O3. The number of benzene rings is 2. The Kier molecular flexibility index (Phi) is 10.2. The third kappa shape index (κ3) is 6.86. The van der Waals surface area contributed by atoms with Crippen LogP contribution in [0.5, 0.6) is 5.75 Å². The molecule has 0 saturated carbocycles. The molecule has 3 amide bonds. The number of aliphatic imine (C=N–C) groups is 1. The summed E-state index contributed by atoms with van der Waals surface area (Å²) in [5.41, 5.74) is 1.13. The Morgan fingerprint density at radius 3 is 2.17 bits per heavy atom. The van der Waals surface area contributed by atoms with Crippen molar-refractivity contribution < 1.29 is 14.3 Å². The summed E-state index contributed by atoms with van der Waals surface area (Å²) in [6.07, 6.45) is 9.47. The van der Waals surface area contributed by atoms with Crippen LogP contribution in [-0.2, 0) is 21.3 Å². The number of hydrogen-bond donors (Lipinski definition) is 0. The molecule has 1 aliphatic carbocycles. The number of pyridine rings is 1. The van der Waals surface area contributed by atoms with Gasteiger partial charge in [-0.25, -0.2) is 4.79 Å². The van der Waals surface area contributed by atoms with Gasteiger partial charge in [-0.05, 0) is 93.2 Å². The number of hydrogen-bond acceptors (Lipinski definition) is 5. The molecule has 0 radical (unpaired) electrons. The van der Waals surface area contributed by atoms with Crippen molar-refractivity contribution in [3.05, 3.63) is 105 Å². The number of rotatable bonds is 7. The van der Waals surface area contributed by atoms with Crippen LogP contribution >= 0.6 is 23.2 Å². The number of nitrogens with zero attached hydrogens (tertiary/aromatic N) is 5. The molecule has 0 spiro atoms. The van der Waals surface area contributed by atoms with E-state index in [4.69, 9.17) is 37.9 Å². The molecule has 4 heterocycles. The van der Waals surface area contributed by atoms with E-state index in [1.165, 1.54) is 0 Å². The van der Waals surface area contributed by atoms with Gasteiger partial charge in [-0.2, -0.15) is 0 Å². The molecule has 53 heavy (non-hydrogen) atoms. The van der Waals surface area contributed by atoms with Crippen molar-refractivity contribution in [1.29, 1.82) is 0 Å². The van der Waals surface area contributed by atoms with Crippen molar-refractivity contribution in [3.8, 4) is 5.75 Å². The Balaban J connectivity index is 1.26. The number of allylic oxidation sites excluding steroid dienone is 1. The molecule has 2 aromatic carbocycles. The highest BCUT2D eigenvalue weighted by Gasteiger charge is 2.60. The van der Waals surface area contributed by atoms with Crippen molar-refractivity contribution in [2.24, 2.45) is 22.7 Å². The van der Waals surface area contributed by atoms with Gasteiger partial charge < -0.3 is 14.5 Å². The molecule has 4 atom stereocenters. The number of amides is 3. The lowest BCUT2D eigenvalue weighted by Gasteiger charge is -2.47. The number of amidine groups is 1. The number of aromatic nitrogens is 1. The van der Waals surface area contributed by atoms with Crippen LogP contribution in [0.15, 0.2) is 77.9 Å². The molecular weight excluding hydrogens is 705 g/mol. The quantitative estimate of drug-likeness (QED) is 0.225. The minimum Gasteiger partial charge on any atom is -0.493 e. The first-order chi connectivity index (χ1) is 25.2. The molecule has 0 bridgehead atoms. The smallest absolute Gasteiger partial charge is 0.326 e. The average molecular weight is 757 g/mol. The zero-order valence-corrected chi connectivity index (χ0v) is 33.3. The van der Waals surface area contributed by atoms with Crippen LogP contribution in [0.2, 0.25) is 10.0 Å². The SMILES string of the molecule is CCOc1cc(C(C)(C)C)ncc1C1=N[C@@](C)(c2ccc(Cl)cc2)[C@@](C)(c2ccc(Cl)cc2)N1C(=O)N1CCC(CC(=O)N2CC3C=CCC3C2)CC1. The van der Waals surface area contributed by atoms with E-state index in [9.17, 15) is 4.79 Å². The molecule has 0 N–H and O–H groups in total. The maximum absolute atomic E-state index is 15.3. The van der Waals surface area contributed by atoms with E-state index in [1.54, 1.807) is 6.20 Å². The molecule has 2 fully saturated rings. The van der Waals surface area contributed by atoms with Crippen LogP contribution in [0, 0.1) is 17.8 Å². The molecule has 2 saturated heterocycles. The van der Waals surface area contributed by atoms with E-state index in [0.29, 0.717) is 65.1 Å². The van der Waals surface area contributed by atoms with Gasteiger partial charge in [0, 0.05) is 66.0 Å². The summed E-state index contributed by atoms with van der Waals surface area (Å²) in [5.74, 6) is 2.68. The summed E-state index contributed by atoms with van der Waals surface area (Å²) in [6.45, 7) is 15.7. The fourth-order valence-electron chi connectivity index (χ4n) is 8.70. The first-order valence-electron chi connectivity index (χ1n) is 19.0. The molecule has 8 nitrogen and oxygen atoms in total. The van der Waals surface area contributed by atoms with E-state index < -0.39 is 11.1 Å². The summed E-state index contributed by atoms with van der Waals surface area (Å²) in [6, 6.07) is 17.2. The normalized spacial score (nSPS) is 25.9. The van der Waals surface area contributed by atoms with Crippen molar-refractivity contribution in [3.63, 3.8) is 0 Å². The van der Waals surface area contributed by atoms with Gasteiger partial charge in [-0.15, -0.1) is 0 Å². The largest absolute Gasteiger partial charge is 0.493 e. The third-order valence-corrected chi connectivity index (χ3v) is 12.6. The second kappa shape index (κ2) is 14.4. The number of carbonyl (C=O) groups excluding carboxylic acids is 2. The van der Waals surface area contributed by atoms with Gasteiger partial charge in [0.1, 0.15) is 22.7 Å². The van der Waals surface area contributed by atoms with Crippen LogP contribution in [0.3, 0.4) is 0 Å². The van der Waals surface area contributed by atoms with E-state index >= 15 is 4.79 Å². The molecule has 4 aliphatic rings. The summed E-state index contributed by atoms with van der Waals surface area (Å²) in [5, 5.41) is 1.22. The van der Waals surface area contributed by atoms with Crippen molar-refractivity contribution in [1.82, 2.24) is 19.7 Å². The fourth-order valence-corrected chi connectivity index (χ4v) is 8.95. The number of halogens is 2. The highest BCUT2D eigenvalue weighted by molar-refractivity contribution is 6.30. The van der Waals surface area contributed by atoms with Gasteiger partial charge in [0.2, 0.25) is 5.91 Å². The topological polar surface area (TPSA) is 78.3 Å². The Morgan fingerprint density at radius 1 is 0.925 bits per heavy atom. The Labute approximate surface area is 324 Å². The molecule has 3 aromatic rings. The summed E-state index contributed by atoms with van der Waals surface area (Å²) >= 11 is 12.9. The number of fused-ring (bicyclic) bond motifs is 1. The van der Waals surface area contributed by atoms with E-state index in [0.717, 1.165) is 49.2 Å². The molecule has 1 aromatic heterocycles. The van der Waals surface area contributed by atoms with E-state index in [-0.39, 0.29) is 23.3 Å².